The van der Waals surface area contributed by atoms with E-state index in [1.54, 1.807) is 60.7 Å². The van der Waals surface area contributed by atoms with E-state index < -0.39 is 21.5 Å². The van der Waals surface area contributed by atoms with Crippen molar-refractivity contribution in [1.29, 1.82) is 0 Å². The molecule has 33 heavy (non-hydrogen) atoms. The molecule has 2 amide bonds. The number of rotatable bonds is 9. The van der Waals surface area contributed by atoms with Gasteiger partial charge in [-0.2, -0.15) is 0 Å². The molecule has 2 N–H and O–H groups in total. The van der Waals surface area contributed by atoms with Crippen molar-refractivity contribution in [3.63, 3.8) is 0 Å². The van der Waals surface area contributed by atoms with Crippen LogP contribution in [0.1, 0.15) is 15.9 Å². The first-order valence-corrected chi connectivity index (χ1v) is 11.8. The second-order valence-electron chi connectivity index (χ2n) is 7.14. The van der Waals surface area contributed by atoms with Crippen molar-refractivity contribution in [3.8, 4) is 11.5 Å². The average Bonchev–Trinajstić information content (AvgIpc) is 2.80. The molecule has 0 aliphatic rings. The minimum absolute atomic E-state index is 0.215. The summed E-state index contributed by atoms with van der Waals surface area (Å²) in [5.74, 6) is -1.51. The molecule has 3 aromatic carbocycles. The largest absolute Gasteiger partial charge is 0.494 e. The first-order chi connectivity index (χ1) is 15.8. The van der Waals surface area contributed by atoms with E-state index in [-0.39, 0.29) is 28.8 Å². The van der Waals surface area contributed by atoms with Gasteiger partial charge in [0.25, 0.3) is 5.91 Å². The number of hydrogen-bond donors (Lipinski definition) is 2. The van der Waals surface area contributed by atoms with Gasteiger partial charge in [0, 0.05) is 17.7 Å². The van der Waals surface area contributed by atoms with Gasteiger partial charge in [0.05, 0.1) is 31.3 Å². The molecule has 0 aromatic heterocycles. The molecule has 0 aliphatic heterocycles. The quantitative estimate of drug-likeness (QED) is 0.497. The zero-order chi connectivity index (χ0) is 23.8. The van der Waals surface area contributed by atoms with Gasteiger partial charge in [-0.25, -0.2) is 8.42 Å². The zero-order valence-electron chi connectivity index (χ0n) is 18.2. The predicted octanol–water partition coefficient (Wildman–Crippen LogP) is 3.51. The van der Waals surface area contributed by atoms with Gasteiger partial charge < -0.3 is 20.1 Å². The van der Waals surface area contributed by atoms with E-state index in [4.69, 9.17) is 9.47 Å². The molecular weight excluding hydrogens is 444 g/mol. The number of carbonyl (C=O) groups is 2. The van der Waals surface area contributed by atoms with E-state index in [2.05, 4.69) is 10.6 Å². The molecule has 0 atom stereocenters. The van der Waals surface area contributed by atoms with Gasteiger partial charge in [0.1, 0.15) is 17.3 Å². The molecule has 0 fully saturated rings. The SMILES string of the molecule is COc1cc(NC(=O)c2ccccc2)c(OC)cc1NC(=O)CS(=O)(=O)Cc1ccccc1. The molecule has 0 heterocycles. The summed E-state index contributed by atoms with van der Waals surface area (Å²) in [7, 11) is -0.877. The van der Waals surface area contributed by atoms with Crippen LogP contribution in [0.2, 0.25) is 0 Å². The fraction of sp³-hybridized carbons (Fsp3) is 0.167. The Morgan fingerprint density at radius 3 is 1.85 bits per heavy atom. The number of ether oxygens (including phenoxy) is 2. The second-order valence-corrected chi connectivity index (χ2v) is 9.20. The average molecular weight is 469 g/mol. The van der Waals surface area contributed by atoms with E-state index in [9.17, 15) is 18.0 Å². The van der Waals surface area contributed by atoms with Gasteiger partial charge in [0.15, 0.2) is 9.84 Å². The lowest BCUT2D eigenvalue weighted by molar-refractivity contribution is -0.113. The maximum absolute atomic E-state index is 12.5. The molecule has 0 bridgehead atoms. The van der Waals surface area contributed by atoms with Crippen LogP contribution in [0, 0.1) is 0 Å². The van der Waals surface area contributed by atoms with Crippen molar-refractivity contribution in [2.24, 2.45) is 0 Å². The molecular formula is C24H24N2O6S. The number of benzene rings is 3. The molecule has 3 aromatic rings. The fourth-order valence-electron chi connectivity index (χ4n) is 3.14. The Kier molecular flexibility index (Phi) is 7.68. The Morgan fingerprint density at radius 1 is 0.788 bits per heavy atom. The Balaban J connectivity index is 1.76. The first-order valence-electron chi connectivity index (χ1n) is 9.98. The number of nitrogens with one attached hydrogen (secondary N) is 2. The van der Waals surface area contributed by atoms with Crippen LogP contribution in [0.15, 0.2) is 72.8 Å². The highest BCUT2D eigenvalue weighted by atomic mass is 32.2. The van der Waals surface area contributed by atoms with Crippen LogP contribution in [0.25, 0.3) is 0 Å². The number of sulfone groups is 1. The molecule has 0 saturated heterocycles. The maximum Gasteiger partial charge on any atom is 0.255 e. The Labute approximate surface area is 192 Å². The van der Waals surface area contributed by atoms with Crippen LogP contribution < -0.4 is 20.1 Å². The predicted molar refractivity (Wildman–Crippen MR) is 127 cm³/mol. The van der Waals surface area contributed by atoms with E-state index in [1.807, 2.05) is 0 Å². The summed E-state index contributed by atoms with van der Waals surface area (Å²) < 4.78 is 35.5. The maximum atomic E-state index is 12.5. The van der Waals surface area contributed by atoms with Gasteiger partial charge in [-0.15, -0.1) is 0 Å². The number of methoxy groups -OCH3 is 2. The van der Waals surface area contributed by atoms with Gasteiger partial charge >= 0.3 is 0 Å². The highest BCUT2D eigenvalue weighted by molar-refractivity contribution is 7.91. The molecule has 3 rings (SSSR count). The van der Waals surface area contributed by atoms with Crippen LogP contribution in [0.3, 0.4) is 0 Å². The normalized spacial score (nSPS) is 10.8. The standard InChI is InChI=1S/C24H24N2O6S/c1-31-21-14-20(26-24(28)18-11-7-4-8-12-18)22(32-2)13-19(21)25-23(27)16-33(29,30)15-17-9-5-3-6-10-17/h3-14H,15-16H2,1-2H3,(H,25,27)(H,26,28). The lowest BCUT2D eigenvalue weighted by Gasteiger charge is -2.16. The number of hydrogen-bond acceptors (Lipinski definition) is 6. The van der Waals surface area contributed by atoms with Crippen LogP contribution in [-0.4, -0.2) is 40.2 Å². The van der Waals surface area contributed by atoms with Crippen molar-refractivity contribution < 1.29 is 27.5 Å². The third-order valence-corrected chi connectivity index (χ3v) is 6.14. The Morgan fingerprint density at radius 2 is 1.30 bits per heavy atom. The fourth-order valence-corrected chi connectivity index (χ4v) is 4.42. The molecule has 0 aliphatic carbocycles. The summed E-state index contributed by atoms with van der Waals surface area (Å²) in [5.41, 5.74) is 1.60. The second kappa shape index (κ2) is 10.6. The number of amides is 2. The van der Waals surface area contributed by atoms with Crippen LogP contribution in [0.5, 0.6) is 11.5 Å². The highest BCUT2D eigenvalue weighted by Gasteiger charge is 2.20. The van der Waals surface area contributed by atoms with Gasteiger partial charge in [-0.1, -0.05) is 48.5 Å². The molecule has 0 saturated carbocycles. The lowest BCUT2D eigenvalue weighted by Crippen LogP contribution is -2.24. The summed E-state index contributed by atoms with van der Waals surface area (Å²) in [6.07, 6.45) is 0. The molecule has 0 unspecified atom stereocenters. The molecule has 0 spiro atoms. The molecule has 0 radical (unpaired) electrons. The zero-order valence-corrected chi connectivity index (χ0v) is 19.0. The third kappa shape index (κ3) is 6.56. The monoisotopic (exact) mass is 468 g/mol. The Bertz CT molecular complexity index is 1230. The first kappa shape index (κ1) is 23.8. The lowest BCUT2D eigenvalue weighted by atomic mass is 10.2. The minimum atomic E-state index is -3.69. The molecule has 8 nitrogen and oxygen atoms in total. The van der Waals surface area contributed by atoms with Crippen molar-refractivity contribution in [3.05, 3.63) is 83.9 Å². The van der Waals surface area contributed by atoms with Crippen molar-refractivity contribution in [2.45, 2.75) is 5.75 Å². The topological polar surface area (TPSA) is 111 Å². The number of carbonyl (C=O) groups excluding carboxylic acids is 2. The summed E-state index contributed by atoms with van der Waals surface area (Å²) in [6, 6.07) is 20.2. The molecule has 9 heteroatoms. The summed E-state index contributed by atoms with van der Waals surface area (Å²) in [4.78, 5) is 25.0. The van der Waals surface area contributed by atoms with E-state index >= 15 is 0 Å². The third-order valence-electron chi connectivity index (χ3n) is 4.66. The summed E-state index contributed by atoms with van der Waals surface area (Å²) in [6.45, 7) is 0. The van der Waals surface area contributed by atoms with Crippen molar-refractivity contribution >= 4 is 33.0 Å². The van der Waals surface area contributed by atoms with Gasteiger partial charge in [-0.3, -0.25) is 9.59 Å². The van der Waals surface area contributed by atoms with Gasteiger partial charge in [-0.05, 0) is 17.7 Å². The van der Waals surface area contributed by atoms with Crippen LogP contribution in [-0.2, 0) is 20.4 Å². The summed E-state index contributed by atoms with van der Waals surface area (Å²) in [5, 5.41) is 5.30. The van der Waals surface area contributed by atoms with Gasteiger partial charge in [0.2, 0.25) is 5.91 Å². The van der Waals surface area contributed by atoms with Crippen molar-refractivity contribution in [1.82, 2.24) is 0 Å². The number of anilines is 2. The smallest absolute Gasteiger partial charge is 0.255 e. The van der Waals surface area contributed by atoms with Crippen molar-refractivity contribution in [2.75, 3.05) is 30.6 Å². The van der Waals surface area contributed by atoms with Crippen LogP contribution >= 0.6 is 0 Å². The van der Waals surface area contributed by atoms with E-state index in [0.717, 1.165) is 0 Å². The van der Waals surface area contributed by atoms with E-state index in [0.29, 0.717) is 16.8 Å². The highest BCUT2D eigenvalue weighted by Crippen LogP contribution is 2.36. The summed E-state index contributed by atoms with van der Waals surface area (Å²) >= 11 is 0. The van der Waals surface area contributed by atoms with E-state index in [1.165, 1.54) is 26.4 Å². The minimum Gasteiger partial charge on any atom is -0.494 e. The molecule has 172 valence electrons. The van der Waals surface area contributed by atoms with Crippen LogP contribution in [0.4, 0.5) is 11.4 Å². The Hall–Kier alpha value is -3.85.